The Morgan fingerprint density at radius 2 is 1.89 bits per heavy atom. The predicted octanol–water partition coefficient (Wildman–Crippen LogP) is 3.96. The topological polar surface area (TPSA) is 51.1 Å². The van der Waals surface area contributed by atoms with Gasteiger partial charge in [-0.2, -0.15) is 0 Å². The highest BCUT2D eigenvalue weighted by atomic mass is 19.2. The molecule has 0 amide bonds. The third-order valence-electron chi connectivity index (χ3n) is 4.77. The minimum atomic E-state index is -0.867. The number of ether oxygens (including phenoxy) is 1. The number of hydrogen-bond donors (Lipinski definition) is 0. The van der Waals surface area contributed by atoms with Gasteiger partial charge < -0.3 is 9.64 Å². The molecule has 1 aromatic carbocycles. The van der Waals surface area contributed by atoms with Crippen LogP contribution in [0.5, 0.6) is 0 Å². The van der Waals surface area contributed by atoms with E-state index in [1.807, 2.05) is 25.1 Å². The average molecular weight is 382 g/mol. The van der Waals surface area contributed by atoms with Crippen LogP contribution in [0.3, 0.4) is 0 Å². The second-order valence-corrected chi connectivity index (χ2v) is 6.61. The Labute approximate surface area is 162 Å². The number of nitrogens with zero attached hydrogens (tertiary/aromatic N) is 4. The Morgan fingerprint density at radius 1 is 1.07 bits per heavy atom. The number of anilines is 1. The van der Waals surface area contributed by atoms with Crippen LogP contribution in [0.15, 0.2) is 48.8 Å². The highest BCUT2D eigenvalue weighted by Crippen LogP contribution is 2.28. The molecule has 7 heteroatoms. The summed E-state index contributed by atoms with van der Waals surface area (Å²) in [6, 6.07) is 9.62. The van der Waals surface area contributed by atoms with Crippen LogP contribution in [-0.4, -0.2) is 34.6 Å². The molecule has 1 unspecified atom stereocenters. The Kier molecular flexibility index (Phi) is 5.25. The first-order chi connectivity index (χ1) is 13.6. The lowest BCUT2D eigenvalue weighted by Crippen LogP contribution is -2.39. The van der Waals surface area contributed by atoms with Crippen LogP contribution in [0.4, 0.5) is 14.6 Å². The van der Waals surface area contributed by atoms with E-state index in [0.29, 0.717) is 31.1 Å². The van der Waals surface area contributed by atoms with Crippen LogP contribution >= 0.6 is 0 Å². The van der Waals surface area contributed by atoms with E-state index in [-0.39, 0.29) is 6.10 Å². The zero-order valence-electron chi connectivity index (χ0n) is 15.5. The van der Waals surface area contributed by atoms with Gasteiger partial charge in [0.25, 0.3) is 0 Å². The van der Waals surface area contributed by atoms with Crippen molar-refractivity contribution in [2.45, 2.75) is 19.4 Å². The maximum absolute atomic E-state index is 13.6. The third kappa shape index (κ3) is 3.84. The van der Waals surface area contributed by atoms with Gasteiger partial charge in [-0.1, -0.05) is 13.0 Å². The molecule has 0 spiro atoms. The van der Waals surface area contributed by atoms with Gasteiger partial charge >= 0.3 is 0 Å². The summed E-state index contributed by atoms with van der Waals surface area (Å²) >= 11 is 0. The smallest absolute Gasteiger partial charge is 0.161 e. The molecule has 1 saturated heterocycles. The van der Waals surface area contributed by atoms with Crippen LogP contribution in [0.25, 0.3) is 11.4 Å². The first-order valence-corrected chi connectivity index (χ1v) is 9.24. The van der Waals surface area contributed by atoms with Crippen molar-refractivity contribution >= 4 is 5.82 Å². The molecule has 3 heterocycles. The summed E-state index contributed by atoms with van der Waals surface area (Å²) in [6.45, 7) is 3.68. The summed E-state index contributed by atoms with van der Waals surface area (Å²) in [7, 11) is 0. The van der Waals surface area contributed by atoms with Gasteiger partial charge in [0.05, 0.1) is 6.61 Å². The summed E-state index contributed by atoms with van der Waals surface area (Å²) in [5.41, 5.74) is 2.45. The zero-order valence-corrected chi connectivity index (χ0v) is 15.5. The van der Waals surface area contributed by atoms with Gasteiger partial charge in [-0.25, -0.2) is 18.7 Å². The molecule has 0 saturated carbocycles. The molecule has 1 aliphatic heterocycles. The molecule has 2 aromatic heterocycles. The first kappa shape index (κ1) is 18.4. The van der Waals surface area contributed by atoms with E-state index in [9.17, 15) is 8.78 Å². The summed E-state index contributed by atoms with van der Waals surface area (Å²) < 4.78 is 32.7. The van der Waals surface area contributed by atoms with E-state index >= 15 is 0 Å². The molecule has 0 radical (unpaired) electrons. The molecule has 0 aliphatic carbocycles. The highest BCUT2D eigenvalue weighted by Gasteiger charge is 2.24. The number of benzene rings is 1. The van der Waals surface area contributed by atoms with Crippen molar-refractivity contribution in [3.63, 3.8) is 0 Å². The fourth-order valence-corrected chi connectivity index (χ4v) is 3.23. The maximum atomic E-state index is 13.6. The summed E-state index contributed by atoms with van der Waals surface area (Å²) in [4.78, 5) is 15.5. The quantitative estimate of drug-likeness (QED) is 0.684. The molecular weight excluding hydrogens is 362 g/mol. The molecule has 1 atom stereocenters. The van der Waals surface area contributed by atoms with Gasteiger partial charge in [-0.3, -0.25) is 4.98 Å². The number of morpholine rings is 1. The molecule has 1 fully saturated rings. The van der Waals surface area contributed by atoms with Gasteiger partial charge in [0, 0.05) is 42.8 Å². The maximum Gasteiger partial charge on any atom is 0.161 e. The van der Waals surface area contributed by atoms with Crippen molar-refractivity contribution in [3.8, 4) is 11.4 Å². The predicted molar refractivity (Wildman–Crippen MR) is 102 cm³/mol. The molecule has 1 aliphatic rings. The van der Waals surface area contributed by atoms with Crippen molar-refractivity contribution < 1.29 is 13.5 Å². The summed E-state index contributed by atoms with van der Waals surface area (Å²) in [6.07, 6.45) is 3.86. The summed E-state index contributed by atoms with van der Waals surface area (Å²) in [5, 5.41) is 0. The molecule has 0 N–H and O–H groups in total. The summed E-state index contributed by atoms with van der Waals surface area (Å²) in [5.74, 6) is -0.280. The number of hydrogen-bond acceptors (Lipinski definition) is 5. The molecule has 0 bridgehead atoms. The van der Waals surface area contributed by atoms with E-state index in [4.69, 9.17) is 9.72 Å². The minimum Gasteiger partial charge on any atom is -0.370 e. The van der Waals surface area contributed by atoms with E-state index in [0.717, 1.165) is 29.6 Å². The van der Waals surface area contributed by atoms with Gasteiger partial charge in [0.15, 0.2) is 17.5 Å². The Bertz CT molecular complexity index is 968. The molecule has 144 valence electrons. The van der Waals surface area contributed by atoms with E-state index < -0.39 is 11.6 Å². The molecule has 4 rings (SSSR count). The van der Waals surface area contributed by atoms with Crippen molar-refractivity contribution in [1.29, 1.82) is 0 Å². The molecule has 5 nitrogen and oxygen atoms in total. The van der Waals surface area contributed by atoms with Crippen LogP contribution in [0.1, 0.15) is 24.3 Å². The van der Waals surface area contributed by atoms with Crippen LogP contribution in [-0.2, 0) is 11.2 Å². The second-order valence-electron chi connectivity index (χ2n) is 6.61. The van der Waals surface area contributed by atoms with Gasteiger partial charge in [0.2, 0.25) is 0 Å². The standard InChI is InChI=1S/C21H20F2N4O/c1-2-16-12-20(26-21(25-16)14-5-7-24-8-6-14)27-9-10-28-19(13-27)15-3-4-17(22)18(23)11-15/h3-8,11-12,19H,2,9-10,13H2,1H3. The fraction of sp³-hybridized carbons (Fsp3) is 0.286. The van der Waals surface area contributed by atoms with Crippen molar-refractivity contribution in [2.75, 3.05) is 24.6 Å². The highest BCUT2D eigenvalue weighted by molar-refractivity contribution is 5.57. The van der Waals surface area contributed by atoms with Crippen molar-refractivity contribution in [1.82, 2.24) is 15.0 Å². The molecular formula is C21H20F2N4O. The second kappa shape index (κ2) is 7.98. The van der Waals surface area contributed by atoms with Gasteiger partial charge in [-0.15, -0.1) is 0 Å². The fourth-order valence-electron chi connectivity index (χ4n) is 3.23. The SMILES string of the molecule is CCc1cc(N2CCOC(c3ccc(F)c(F)c3)C2)nc(-c2ccncc2)n1. The van der Waals surface area contributed by atoms with Gasteiger partial charge in [0.1, 0.15) is 11.9 Å². The van der Waals surface area contributed by atoms with Crippen LogP contribution in [0.2, 0.25) is 0 Å². The lowest BCUT2D eigenvalue weighted by molar-refractivity contribution is 0.0392. The largest absolute Gasteiger partial charge is 0.370 e. The lowest BCUT2D eigenvalue weighted by Gasteiger charge is -2.34. The lowest BCUT2D eigenvalue weighted by atomic mass is 10.1. The number of halogens is 2. The van der Waals surface area contributed by atoms with Crippen LogP contribution in [0, 0.1) is 11.6 Å². The zero-order chi connectivity index (χ0) is 19.5. The van der Waals surface area contributed by atoms with Gasteiger partial charge in [-0.05, 0) is 36.2 Å². The first-order valence-electron chi connectivity index (χ1n) is 9.24. The number of pyridine rings is 1. The van der Waals surface area contributed by atoms with Crippen LogP contribution < -0.4 is 4.90 Å². The average Bonchev–Trinajstić information content (AvgIpc) is 2.76. The minimum absolute atomic E-state index is 0.353. The van der Waals surface area contributed by atoms with Crippen molar-refractivity contribution in [3.05, 3.63) is 71.7 Å². The Balaban J connectivity index is 1.63. The third-order valence-corrected chi connectivity index (χ3v) is 4.77. The van der Waals surface area contributed by atoms with E-state index in [1.54, 1.807) is 18.5 Å². The monoisotopic (exact) mass is 382 g/mol. The Hall–Kier alpha value is -2.93. The number of aromatic nitrogens is 3. The Morgan fingerprint density at radius 3 is 2.64 bits per heavy atom. The number of aryl methyl sites for hydroxylation is 1. The molecule has 28 heavy (non-hydrogen) atoms. The van der Waals surface area contributed by atoms with E-state index in [2.05, 4.69) is 14.9 Å². The molecule has 3 aromatic rings. The normalized spacial score (nSPS) is 17.0. The van der Waals surface area contributed by atoms with Crippen molar-refractivity contribution in [2.24, 2.45) is 0 Å². The number of rotatable bonds is 4. The van der Waals surface area contributed by atoms with E-state index in [1.165, 1.54) is 6.07 Å².